The maximum absolute atomic E-state index is 5.33. The van der Waals surface area contributed by atoms with Gasteiger partial charge in [0.1, 0.15) is 0 Å². The molecule has 1 saturated carbocycles. The lowest BCUT2D eigenvalue weighted by Gasteiger charge is -2.04. The van der Waals surface area contributed by atoms with Crippen LogP contribution in [0.5, 0.6) is 5.88 Å². The van der Waals surface area contributed by atoms with Gasteiger partial charge in [0.25, 0.3) is 0 Å². The van der Waals surface area contributed by atoms with Gasteiger partial charge in [-0.3, -0.25) is 0 Å². The number of methoxy groups -OCH3 is 1. The van der Waals surface area contributed by atoms with E-state index in [0.29, 0.717) is 18.5 Å². The molecular formula is C12H17N5O2. The van der Waals surface area contributed by atoms with Crippen molar-refractivity contribution in [3.63, 3.8) is 0 Å². The summed E-state index contributed by atoms with van der Waals surface area (Å²) in [5.74, 6) is 2.04. The lowest BCUT2D eigenvalue weighted by atomic mass is 10.2. The van der Waals surface area contributed by atoms with Crippen LogP contribution in [0.3, 0.4) is 0 Å². The fourth-order valence-corrected chi connectivity index (χ4v) is 2.12. The predicted molar refractivity (Wildman–Crippen MR) is 68.1 cm³/mol. The summed E-state index contributed by atoms with van der Waals surface area (Å²) in [7, 11) is 3.49. The van der Waals surface area contributed by atoms with Crippen LogP contribution in [0.2, 0.25) is 0 Å². The molecule has 7 heteroatoms. The number of aryl methyl sites for hydroxylation is 2. The van der Waals surface area contributed by atoms with Crippen molar-refractivity contribution < 1.29 is 9.26 Å². The summed E-state index contributed by atoms with van der Waals surface area (Å²) in [6.07, 6.45) is 2.32. The predicted octanol–water partition coefficient (Wildman–Crippen LogP) is 1.61. The zero-order valence-electron chi connectivity index (χ0n) is 11.3. The van der Waals surface area contributed by atoms with E-state index in [1.807, 2.05) is 14.0 Å². The average Bonchev–Trinajstić information content (AvgIpc) is 3.06. The first-order chi connectivity index (χ1) is 9.19. The van der Waals surface area contributed by atoms with Gasteiger partial charge in [-0.05, 0) is 19.8 Å². The van der Waals surface area contributed by atoms with Crippen LogP contribution < -0.4 is 10.1 Å². The number of rotatable bonds is 5. The highest BCUT2D eigenvalue weighted by atomic mass is 16.5. The Labute approximate surface area is 110 Å². The molecule has 0 saturated heterocycles. The van der Waals surface area contributed by atoms with Crippen LogP contribution in [0.4, 0.5) is 6.01 Å². The van der Waals surface area contributed by atoms with Gasteiger partial charge in [0.05, 0.1) is 24.9 Å². The van der Waals surface area contributed by atoms with E-state index in [1.165, 1.54) is 0 Å². The molecule has 1 aliphatic rings. The molecule has 2 aromatic heterocycles. The largest absolute Gasteiger partial charge is 0.481 e. The molecule has 0 radical (unpaired) electrons. The Morgan fingerprint density at radius 3 is 2.95 bits per heavy atom. The SMILES string of the molecule is COc1c(CNc2nc(C3CC3)no2)c(C)nn1C. The fraction of sp³-hybridized carbons (Fsp3) is 0.583. The molecule has 2 aromatic rings. The van der Waals surface area contributed by atoms with Crippen LogP contribution in [0.1, 0.15) is 35.8 Å². The third kappa shape index (κ3) is 2.27. The second-order valence-corrected chi connectivity index (χ2v) is 4.78. The first-order valence-corrected chi connectivity index (χ1v) is 6.33. The zero-order chi connectivity index (χ0) is 13.4. The molecule has 0 unspecified atom stereocenters. The Kier molecular flexibility index (Phi) is 2.88. The normalized spacial score (nSPS) is 14.7. The van der Waals surface area contributed by atoms with E-state index in [-0.39, 0.29) is 0 Å². The minimum Gasteiger partial charge on any atom is -0.481 e. The average molecular weight is 263 g/mol. The summed E-state index contributed by atoms with van der Waals surface area (Å²) in [5, 5.41) is 11.4. The second kappa shape index (κ2) is 4.56. The summed E-state index contributed by atoms with van der Waals surface area (Å²) in [6, 6.07) is 0.451. The smallest absolute Gasteiger partial charge is 0.321 e. The highest BCUT2D eigenvalue weighted by Gasteiger charge is 2.28. The number of anilines is 1. The van der Waals surface area contributed by atoms with E-state index in [9.17, 15) is 0 Å². The van der Waals surface area contributed by atoms with Crippen LogP contribution in [0, 0.1) is 6.92 Å². The van der Waals surface area contributed by atoms with Gasteiger partial charge in [-0.1, -0.05) is 5.16 Å². The molecule has 0 atom stereocenters. The lowest BCUT2D eigenvalue weighted by molar-refractivity contribution is 0.369. The Morgan fingerprint density at radius 1 is 1.47 bits per heavy atom. The van der Waals surface area contributed by atoms with Crippen molar-refractivity contribution in [3.05, 3.63) is 17.1 Å². The van der Waals surface area contributed by atoms with E-state index in [1.54, 1.807) is 11.8 Å². The Bertz CT molecular complexity index is 585. The molecule has 19 heavy (non-hydrogen) atoms. The van der Waals surface area contributed by atoms with Gasteiger partial charge in [-0.25, -0.2) is 4.68 Å². The first kappa shape index (κ1) is 12.0. The quantitative estimate of drug-likeness (QED) is 0.883. The maximum Gasteiger partial charge on any atom is 0.321 e. The number of aromatic nitrogens is 4. The zero-order valence-corrected chi connectivity index (χ0v) is 11.3. The minimum absolute atomic E-state index is 0.451. The minimum atomic E-state index is 0.451. The molecule has 1 fully saturated rings. The maximum atomic E-state index is 5.33. The van der Waals surface area contributed by atoms with Gasteiger partial charge >= 0.3 is 6.01 Å². The molecule has 0 aromatic carbocycles. The van der Waals surface area contributed by atoms with Crippen molar-refractivity contribution >= 4 is 6.01 Å². The number of hydrogen-bond donors (Lipinski definition) is 1. The summed E-state index contributed by atoms with van der Waals surface area (Å²) >= 11 is 0. The van der Waals surface area contributed by atoms with Crippen molar-refractivity contribution in [2.45, 2.75) is 32.2 Å². The van der Waals surface area contributed by atoms with Crippen molar-refractivity contribution in [1.29, 1.82) is 0 Å². The highest BCUT2D eigenvalue weighted by molar-refractivity contribution is 5.34. The standard InChI is InChI=1S/C12H17N5O2/c1-7-9(11(18-3)17(2)15-7)6-13-12-14-10(16-19-12)8-4-5-8/h8H,4-6H2,1-3H3,(H,13,14,16). The van der Waals surface area contributed by atoms with Crippen LogP contribution in [-0.2, 0) is 13.6 Å². The van der Waals surface area contributed by atoms with Crippen molar-refractivity contribution in [2.24, 2.45) is 7.05 Å². The van der Waals surface area contributed by atoms with E-state index in [0.717, 1.165) is 35.8 Å². The second-order valence-electron chi connectivity index (χ2n) is 4.78. The number of nitrogens with zero attached hydrogens (tertiary/aromatic N) is 4. The number of ether oxygens (including phenoxy) is 1. The number of nitrogens with one attached hydrogen (secondary N) is 1. The fourth-order valence-electron chi connectivity index (χ4n) is 2.12. The van der Waals surface area contributed by atoms with E-state index in [2.05, 4.69) is 20.6 Å². The van der Waals surface area contributed by atoms with Gasteiger partial charge in [-0.2, -0.15) is 10.1 Å². The van der Waals surface area contributed by atoms with Crippen LogP contribution in [0.25, 0.3) is 0 Å². The summed E-state index contributed by atoms with van der Waals surface area (Å²) in [6.45, 7) is 2.50. The summed E-state index contributed by atoms with van der Waals surface area (Å²) in [5.41, 5.74) is 1.92. The highest BCUT2D eigenvalue weighted by Crippen LogP contribution is 2.38. The van der Waals surface area contributed by atoms with Crippen LogP contribution in [-0.4, -0.2) is 27.0 Å². The molecule has 102 valence electrons. The van der Waals surface area contributed by atoms with E-state index in [4.69, 9.17) is 9.26 Å². The molecule has 2 heterocycles. The van der Waals surface area contributed by atoms with Gasteiger partial charge in [-0.15, -0.1) is 0 Å². The van der Waals surface area contributed by atoms with E-state index >= 15 is 0 Å². The van der Waals surface area contributed by atoms with Crippen LogP contribution in [0.15, 0.2) is 4.52 Å². The molecule has 1 aliphatic carbocycles. The van der Waals surface area contributed by atoms with Crippen molar-refractivity contribution in [3.8, 4) is 5.88 Å². The Hall–Kier alpha value is -2.05. The first-order valence-electron chi connectivity index (χ1n) is 6.33. The Morgan fingerprint density at radius 2 is 2.26 bits per heavy atom. The molecule has 0 spiro atoms. The van der Waals surface area contributed by atoms with Gasteiger partial charge < -0.3 is 14.6 Å². The Balaban J connectivity index is 1.71. The van der Waals surface area contributed by atoms with Gasteiger partial charge in [0.15, 0.2) is 5.82 Å². The van der Waals surface area contributed by atoms with E-state index < -0.39 is 0 Å². The molecule has 0 amide bonds. The van der Waals surface area contributed by atoms with Crippen molar-refractivity contribution in [2.75, 3.05) is 12.4 Å². The van der Waals surface area contributed by atoms with Crippen molar-refractivity contribution in [1.82, 2.24) is 19.9 Å². The molecule has 3 rings (SSSR count). The molecule has 1 N–H and O–H groups in total. The summed E-state index contributed by atoms with van der Waals surface area (Å²) < 4.78 is 12.2. The lowest BCUT2D eigenvalue weighted by Crippen LogP contribution is -2.03. The number of hydrogen-bond acceptors (Lipinski definition) is 6. The molecule has 7 nitrogen and oxygen atoms in total. The topological polar surface area (TPSA) is 78.0 Å². The molecular weight excluding hydrogens is 246 g/mol. The molecule has 0 aliphatic heterocycles. The monoisotopic (exact) mass is 263 g/mol. The van der Waals surface area contributed by atoms with Crippen LogP contribution >= 0.6 is 0 Å². The summed E-state index contributed by atoms with van der Waals surface area (Å²) in [4.78, 5) is 4.32. The van der Waals surface area contributed by atoms with Gasteiger partial charge in [0.2, 0.25) is 5.88 Å². The third-order valence-electron chi connectivity index (χ3n) is 3.28. The third-order valence-corrected chi connectivity index (χ3v) is 3.28. The van der Waals surface area contributed by atoms with Gasteiger partial charge in [0, 0.05) is 13.0 Å². The molecule has 0 bridgehead atoms.